The molecule has 0 bridgehead atoms. The molecule has 1 fully saturated rings. The van der Waals surface area contributed by atoms with Gasteiger partial charge in [-0.05, 0) is 36.6 Å². The van der Waals surface area contributed by atoms with E-state index in [-0.39, 0.29) is 55.8 Å². The SMILES string of the molecule is CC(C)[C@H](NC(=O)[C@H](CC(=O)O)NC(=O)CCCOc1ccc(C(=N)N)cc1)C(=O)N1CCS(=O)(=O)CC1. The highest BCUT2D eigenvalue weighted by Gasteiger charge is 2.34. The van der Waals surface area contributed by atoms with E-state index in [1.54, 1.807) is 38.1 Å². The molecule has 3 amide bonds. The van der Waals surface area contributed by atoms with Gasteiger partial charge in [0.1, 0.15) is 23.7 Å². The molecule has 1 aromatic carbocycles. The number of rotatable bonds is 13. The van der Waals surface area contributed by atoms with Gasteiger partial charge in [-0.2, -0.15) is 0 Å². The van der Waals surface area contributed by atoms with E-state index in [1.165, 1.54) is 4.90 Å². The summed E-state index contributed by atoms with van der Waals surface area (Å²) in [7, 11) is -3.20. The van der Waals surface area contributed by atoms with Gasteiger partial charge in [-0.25, -0.2) is 8.42 Å². The molecule has 0 unspecified atom stereocenters. The fraction of sp³-hybridized carbons (Fsp3) is 0.542. The minimum Gasteiger partial charge on any atom is -0.494 e. The third-order valence-corrected chi connectivity index (χ3v) is 7.51. The Morgan fingerprint density at radius 1 is 1.11 bits per heavy atom. The molecule has 210 valence electrons. The average molecular weight is 554 g/mol. The van der Waals surface area contributed by atoms with Crippen LogP contribution in [0.4, 0.5) is 0 Å². The number of carboxylic acids is 1. The molecule has 0 spiro atoms. The number of hydrogen-bond acceptors (Lipinski definition) is 8. The summed E-state index contributed by atoms with van der Waals surface area (Å²) in [5.41, 5.74) is 5.95. The molecular formula is C24H35N5O8S. The predicted octanol–water partition coefficient (Wildman–Crippen LogP) is -0.513. The number of sulfone groups is 1. The third-order valence-electron chi connectivity index (χ3n) is 5.90. The normalized spacial score (nSPS) is 16.2. The first-order valence-corrected chi connectivity index (χ1v) is 14.0. The number of nitrogen functional groups attached to an aromatic ring is 1. The van der Waals surface area contributed by atoms with Crippen molar-refractivity contribution >= 4 is 39.4 Å². The summed E-state index contributed by atoms with van der Waals surface area (Å²) >= 11 is 0. The second kappa shape index (κ2) is 13.7. The first-order chi connectivity index (χ1) is 17.8. The van der Waals surface area contributed by atoms with Crippen molar-refractivity contribution in [3.05, 3.63) is 29.8 Å². The number of ether oxygens (including phenoxy) is 1. The van der Waals surface area contributed by atoms with Gasteiger partial charge in [0, 0.05) is 25.1 Å². The van der Waals surface area contributed by atoms with E-state index in [4.69, 9.17) is 15.9 Å². The van der Waals surface area contributed by atoms with Crippen molar-refractivity contribution < 1.29 is 37.4 Å². The quantitative estimate of drug-likeness (QED) is 0.121. The number of nitrogens with zero attached hydrogens (tertiary/aromatic N) is 1. The Morgan fingerprint density at radius 3 is 2.24 bits per heavy atom. The summed E-state index contributed by atoms with van der Waals surface area (Å²) in [5.74, 6) is -3.39. The molecule has 2 atom stereocenters. The van der Waals surface area contributed by atoms with Crippen LogP contribution in [0, 0.1) is 11.3 Å². The zero-order valence-electron chi connectivity index (χ0n) is 21.4. The van der Waals surface area contributed by atoms with Crippen LogP contribution in [0.25, 0.3) is 0 Å². The van der Waals surface area contributed by atoms with Crippen molar-refractivity contribution in [1.29, 1.82) is 5.41 Å². The highest BCUT2D eigenvalue weighted by Crippen LogP contribution is 2.13. The Balaban J connectivity index is 1.91. The Bertz CT molecular complexity index is 1120. The standard InChI is InChI=1S/C24H35N5O8S/c1-15(2)21(24(34)29-9-12-38(35,36)13-10-29)28-23(33)18(14-20(31)32)27-19(30)4-3-11-37-17-7-5-16(6-8-17)22(25)26/h5-8,15,18,21H,3-4,9-14H2,1-2H3,(H3,25,26)(H,27,30)(H,28,33)(H,31,32)/t18-,21-/m0/s1. The molecule has 13 nitrogen and oxygen atoms in total. The Labute approximate surface area is 221 Å². The van der Waals surface area contributed by atoms with Crippen LogP contribution in [0.5, 0.6) is 5.75 Å². The summed E-state index contributed by atoms with van der Waals surface area (Å²) in [6.45, 7) is 3.60. The van der Waals surface area contributed by atoms with Crippen LogP contribution < -0.4 is 21.1 Å². The maximum atomic E-state index is 13.0. The number of carboxylic acid groups (broad SMARTS) is 1. The number of benzene rings is 1. The van der Waals surface area contributed by atoms with Crippen molar-refractivity contribution in [2.45, 2.75) is 45.2 Å². The molecule has 14 heteroatoms. The second-order valence-corrected chi connectivity index (χ2v) is 11.6. The largest absolute Gasteiger partial charge is 0.494 e. The maximum Gasteiger partial charge on any atom is 0.305 e. The molecule has 1 aliphatic heterocycles. The van der Waals surface area contributed by atoms with Gasteiger partial charge >= 0.3 is 5.97 Å². The Morgan fingerprint density at radius 2 is 1.71 bits per heavy atom. The first-order valence-electron chi connectivity index (χ1n) is 12.2. The van der Waals surface area contributed by atoms with E-state index in [2.05, 4.69) is 10.6 Å². The Kier molecular flexibility index (Phi) is 11.0. The van der Waals surface area contributed by atoms with Gasteiger partial charge in [0.05, 0.1) is 24.5 Å². The number of amides is 3. The topological polar surface area (TPSA) is 209 Å². The minimum absolute atomic E-state index is 0.0124. The molecule has 2 rings (SSSR count). The van der Waals surface area contributed by atoms with Crippen LogP contribution in [0.15, 0.2) is 24.3 Å². The molecule has 0 saturated carbocycles. The molecule has 1 saturated heterocycles. The van der Waals surface area contributed by atoms with Gasteiger partial charge in [-0.1, -0.05) is 13.8 Å². The minimum atomic E-state index is -3.20. The zero-order chi connectivity index (χ0) is 28.5. The number of carbonyl (C=O) groups excluding carboxylic acids is 3. The van der Waals surface area contributed by atoms with Crippen LogP contribution in [0.3, 0.4) is 0 Å². The number of carbonyl (C=O) groups is 4. The van der Waals surface area contributed by atoms with Gasteiger partial charge in [-0.15, -0.1) is 0 Å². The summed E-state index contributed by atoms with van der Waals surface area (Å²) < 4.78 is 28.9. The van der Waals surface area contributed by atoms with E-state index < -0.39 is 52.0 Å². The number of amidine groups is 1. The number of aliphatic carboxylic acids is 1. The van der Waals surface area contributed by atoms with Crippen LogP contribution >= 0.6 is 0 Å². The lowest BCUT2D eigenvalue weighted by molar-refractivity contribution is -0.142. The van der Waals surface area contributed by atoms with Gasteiger partial charge in [0.25, 0.3) is 0 Å². The van der Waals surface area contributed by atoms with Crippen molar-refractivity contribution in [2.75, 3.05) is 31.2 Å². The molecule has 0 aliphatic carbocycles. The van der Waals surface area contributed by atoms with Crippen LogP contribution in [-0.4, -0.2) is 91.2 Å². The van der Waals surface area contributed by atoms with Crippen LogP contribution in [-0.2, 0) is 29.0 Å². The van der Waals surface area contributed by atoms with E-state index in [0.29, 0.717) is 11.3 Å². The first kappa shape index (κ1) is 30.5. The lowest BCUT2D eigenvalue weighted by Gasteiger charge is -2.32. The average Bonchev–Trinajstić information content (AvgIpc) is 2.84. The molecule has 0 radical (unpaired) electrons. The third kappa shape index (κ3) is 9.65. The number of hydrogen-bond donors (Lipinski definition) is 5. The van der Waals surface area contributed by atoms with Gasteiger partial charge in [0.2, 0.25) is 17.7 Å². The van der Waals surface area contributed by atoms with Gasteiger partial charge in [-0.3, -0.25) is 24.6 Å². The van der Waals surface area contributed by atoms with Gasteiger partial charge in [0.15, 0.2) is 9.84 Å². The van der Waals surface area contributed by atoms with Crippen molar-refractivity contribution in [3.63, 3.8) is 0 Å². The summed E-state index contributed by atoms with van der Waals surface area (Å²) in [6.07, 6.45) is -0.437. The second-order valence-electron chi connectivity index (χ2n) is 9.32. The zero-order valence-corrected chi connectivity index (χ0v) is 22.3. The van der Waals surface area contributed by atoms with Gasteiger partial charge < -0.3 is 31.1 Å². The fourth-order valence-electron chi connectivity index (χ4n) is 3.70. The lowest BCUT2D eigenvalue weighted by atomic mass is 10.0. The highest BCUT2D eigenvalue weighted by atomic mass is 32.2. The summed E-state index contributed by atoms with van der Waals surface area (Å²) in [4.78, 5) is 51.0. The van der Waals surface area contributed by atoms with E-state index in [0.717, 1.165) is 0 Å². The molecule has 6 N–H and O–H groups in total. The molecule has 1 aliphatic rings. The summed E-state index contributed by atoms with van der Waals surface area (Å²) in [5, 5.41) is 21.6. The smallest absolute Gasteiger partial charge is 0.305 e. The van der Waals surface area contributed by atoms with Crippen LogP contribution in [0.1, 0.15) is 38.7 Å². The predicted molar refractivity (Wildman–Crippen MR) is 138 cm³/mol. The lowest BCUT2D eigenvalue weighted by Crippen LogP contribution is -2.58. The molecule has 0 aromatic heterocycles. The molecule has 1 aromatic rings. The Hall–Kier alpha value is -3.68. The molecule has 1 heterocycles. The van der Waals surface area contributed by atoms with E-state index in [9.17, 15) is 32.7 Å². The van der Waals surface area contributed by atoms with Crippen molar-refractivity contribution in [2.24, 2.45) is 11.7 Å². The van der Waals surface area contributed by atoms with E-state index >= 15 is 0 Å². The van der Waals surface area contributed by atoms with Crippen LogP contribution in [0.2, 0.25) is 0 Å². The summed E-state index contributed by atoms with van der Waals surface area (Å²) in [6, 6.07) is 4.11. The number of nitrogens with two attached hydrogens (primary N) is 1. The highest BCUT2D eigenvalue weighted by molar-refractivity contribution is 7.91. The molecule has 38 heavy (non-hydrogen) atoms. The van der Waals surface area contributed by atoms with E-state index in [1.807, 2.05) is 0 Å². The maximum absolute atomic E-state index is 13.0. The monoisotopic (exact) mass is 553 g/mol. The van der Waals surface area contributed by atoms with Crippen molar-refractivity contribution in [3.8, 4) is 5.75 Å². The number of nitrogens with one attached hydrogen (secondary N) is 3. The fourth-order valence-corrected chi connectivity index (χ4v) is 4.90. The van der Waals surface area contributed by atoms with Crippen molar-refractivity contribution in [1.82, 2.24) is 15.5 Å². The molecular weight excluding hydrogens is 518 g/mol.